The molecule has 0 saturated carbocycles. The Balaban J connectivity index is 1.52. The van der Waals surface area contributed by atoms with Crippen LogP contribution in [-0.2, 0) is 17.6 Å². The largest absolute Gasteiger partial charge is 0.477 e. The molecule has 0 atom stereocenters. The number of aryl methyl sites for hydroxylation is 2. The number of unbranched alkanes of at least 4 members (excludes halogenated alkanes) is 10. The SMILES string of the molecule is CCCCCCCCc1ccc(N(c2ccc(CCCCCCCC)cc2)c2ccc(-c3ccc(/C=C(\C#N)C(=O)O)s3)cc2)cc1. The van der Waals surface area contributed by atoms with Crippen LogP contribution >= 0.6 is 11.3 Å². The summed E-state index contributed by atoms with van der Waals surface area (Å²) >= 11 is 1.48. The van der Waals surface area contributed by atoms with E-state index in [1.165, 1.54) is 106 Å². The minimum absolute atomic E-state index is 0.264. The summed E-state index contributed by atoms with van der Waals surface area (Å²) in [5, 5.41) is 18.3. The Morgan fingerprint density at radius 1 is 0.660 bits per heavy atom. The van der Waals surface area contributed by atoms with Crippen molar-refractivity contribution in [1.82, 2.24) is 0 Å². The molecule has 0 spiro atoms. The van der Waals surface area contributed by atoms with Crippen molar-refractivity contribution in [2.45, 2.75) is 104 Å². The van der Waals surface area contributed by atoms with Gasteiger partial charge in [0.15, 0.2) is 0 Å². The summed E-state index contributed by atoms with van der Waals surface area (Å²) in [6.45, 7) is 4.53. The van der Waals surface area contributed by atoms with Gasteiger partial charge in [-0.2, -0.15) is 5.26 Å². The fraction of sp³-hybridized carbons (Fsp3) is 0.381. The van der Waals surface area contributed by atoms with Gasteiger partial charge in [-0.05, 0) is 97.0 Å². The summed E-state index contributed by atoms with van der Waals surface area (Å²) in [7, 11) is 0. The number of hydrogen-bond donors (Lipinski definition) is 1. The van der Waals surface area contributed by atoms with E-state index in [1.54, 1.807) is 6.07 Å². The van der Waals surface area contributed by atoms with Gasteiger partial charge in [0.1, 0.15) is 11.6 Å². The van der Waals surface area contributed by atoms with Gasteiger partial charge in [0, 0.05) is 26.8 Å². The van der Waals surface area contributed by atoms with E-state index in [0.717, 1.165) is 45.2 Å². The molecule has 4 rings (SSSR count). The lowest BCUT2D eigenvalue weighted by Crippen LogP contribution is -2.10. The standard InChI is InChI=1S/C42H50N2O2S/c1-3-5-7-9-11-13-15-33-17-23-37(24-18-33)44(38-25-19-34(20-26-38)16-14-12-10-8-6-4-2)39-27-21-35(22-28-39)41-30-29-40(47-41)31-36(32-43)42(45)46/h17-31H,3-16H2,1-2H3,(H,45,46)/b36-31+. The summed E-state index contributed by atoms with van der Waals surface area (Å²) in [6.07, 6.45) is 19.3. The van der Waals surface area contributed by atoms with Gasteiger partial charge in [0.25, 0.3) is 0 Å². The number of rotatable bonds is 20. The first-order valence-electron chi connectivity index (χ1n) is 17.6. The molecule has 0 fully saturated rings. The highest BCUT2D eigenvalue weighted by Gasteiger charge is 2.14. The van der Waals surface area contributed by atoms with Crippen molar-refractivity contribution < 1.29 is 9.90 Å². The quantitative estimate of drug-likeness (QED) is 0.0589. The molecule has 0 bridgehead atoms. The number of carboxylic acids is 1. The van der Waals surface area contributed by atoms with E-state index < -0.39 is 5.97 Å². The molecule has 47 heavy (non-hydrogen) atoms. The van der Waals surface area contributed by atoms with Crippen LogP contribution < -0.4 is 4.90 Å². The molecule has 5 heteroatoms. The van der Waals surface area contributed by atoms with Crippen molar-refractivity contribution >= 4 is 40.4 Å². The number of thiophene rings is 1. The second-order valence-corrected chi connectivity index (χ2v) is 13.5. The van der Waals surface area contributed by atoms with Gasteiger partial charge < -0.3 is 10.0 Å². The fourth-order valence-corrected chi connectivity index (χ4v) is 6.89. The zero-order valence-corrected chi connectivity index (χ0v) is 29.0. The number of carboxylic acid groups (broad SMARTS) is 1. The highest BCUT2D eigenvalue weighted by molar-refractivity contribution is 7.16. The molecular weight excluding hydrogens is 597 g/mol. The Kier molecular flexibility index (Phi) is 14.8. The van der Waals surface area contributed by atoms with Crippen molar-refractivity contribution in [3.05, 3.63) is 107 Å². The van der Waals surface area contributed by atoms with E-state index in [1.807, 2.05) is 12.1 Å². The predicted molar refractivity (Wildman–Crippen MR) is 200 cm³/mol. The van der Waals surface area contributed by atoms with Gasteiger partial charge in [-0.25, -0.2) is 4.79 Å². The zero-order chi connectivity index (χ0) is 33.3. The molecule has 0 aliphatic carbocycles. The predicted octanol–water partition coefficient (Wildman–Crippen LogP) is 12.7. The smallest absolute Gasteiger partial charge is 0.346 e. The van der Waals surface area contributed by atoms with Gasteiger partial charge in [-0.3, -0.25) is 0 Å². The van der Waals surface area contributed by atoms with Gasteiger partial charge >= 0.3 is 5.97 Å². The number of nitrogens with zero attached hydrogens (tertiary/aromatic N) is 2. The maximum Gasteiger partial charge on any atom is 0.346 e. The highest BCUT2D eigenvalue weighted by Crippen LogP contribution is 2.37. The number of nitriles is 1. The number of hydrogen-bond acceptors (Lipinski definition) is 4. The van der Waals surface area contributed by atoms with E-state index >= 15 is 0 Å². The molecule has 0 unspecified atom stereocenters. The third-order valence-electron chi connectivity index (χ3n) is 8.70. The summed E-state index contributed by atoms with van der Waals surface area (Å²) in [5.41, 5.74) is 6.91. The van der Waals surface area contributed by atoms with Crippen LogP contribution in [0.15, 0.2) is 90.5 Å². The van der Waals surface area contributed by atoms with Crippen molar-refractivity contribution in [2.75, 3.05) is 4.90 Å². The number of anilines is 3. The Hall–Kier alpha value is -4.14. The normalized spacial score (nSPS) is 11.4. The summed E-state index contributed by atoms with van der Waals surface area (Å²) in [6, 6.07) is 32.2. The van der Waals surface area contributed by atoms with E-state index in [2.05, 4.69) is 91.5 Å². The van der Waals surface area contributed by atoms with Crippen LogP contribution in [0, 0.1) is 11.3 Å². The van der Waals surface area contributed by atoms with Gasteiger partial charge in [-0.1, -0.05) is 114 Å². The molecule has 0 aliphatic rings. The second kappa shape index (κ2) is 19.5. The van der Waals surface area contributed by atoms with Gasteiger partial charge in [0.2, 0.25) is 0 Å². The van der Waals surface area contributed by atoms with Crippen LogP contribution in [0.3, 0.4) is 0 Å². The first kappa shape index (κ1) is 35.7. The summed E-state index contributed by atoms with van der Waals surface area (Å²) in [4.78, 5) is 15.4. The summed E-state index contributed by atoms with van der Waals surface area (Å²) < 4.78 is 0. The Morgan fingerprint density at radius 3 is 1.55 bits per heavy atom. The minimum Gasteiger partial charge on any atom is -0.477 e. The maximum atomic E-state index is 11.3. The minimum atomic E-state index is -1.21. The van der Waals surface area contributed by atoms with E-state index in [4.69, 9.17) is 5.26 Å². The topological polar surface area (TPSA) is 64.3 Å². The number of carbonyl (C=O) groups is 1. The molecule has 3 aromatic carbocycles. The van der Waals surface area contributed by atoms with Crippen LogP contribution in [0.25, 0.3) is 16.5 Å². The van der Waals surface area contributed by atoms with Crippen molar-refractivity contribution in [2.24, 2.45) is 0 Å². The molecular formula is C42H50N2O2S. The van der Waals surface area contributed by atoms with Crippen LogP contribution in [-0.4, -0.2) is 11.1 Å². The average molecular weight is 647 g/mol. The Bertz CT molecular complexity index is 1520. The van der Waals surface area contributed by atoms with Crippen LogP contribution in [0.1, 0.15) is 107 Å². The first-order chi connectivity index (χ1) is 23.0. The van der Waals surface area contributed by atoms with E-state index in [9.17, 15) is 9.90 Å². The fourth-order valence-electron chi connectivity index (χ4n) is 5.93. The van der Waals surface area contributed by atoms with Crippen molar-refractivity contribution in [1.29, 1.82) is 5.26 Å². The number of benzene rings is 3. The van der Waals surface area contributed by atoms with E-state index in [-0.39, 0.29) is 5.57 Å². The zero-order valence-electron chi connectivity index (χ0n) is 28.2. The molecule has 246 valence electrons. The molecule has 0 radical (unpaired) electrons. The lowest BCUT2D eigenvalue weighted by Gasteiger charge is -2.26. The van der Waals surface area contributed by atoms with Crippen LogP contribution in [0.5, 0.6) is 0 Å². The van der Waals surface area contributed by atoms with Crippen molar-refractivity contribution in [3.63, 3.8) is 0 Å². The lowest BCUT2D eigenvalue weighted by atomic mass is 10.0. The molecule has 0 amide bonds. The molecule has 4 aromatic rings. The highest BCUT2D eigenvalue weighted by atomic mass is 32.1. The van der Waals surface area contributed by atoms with Crippen LogP contribution in [0.2, 0.25) is 0 Å². The molecule has 1 N–H and O–H groups in total. The van der Waals surface area contributed by atoms with E-state index in [0.29, 0.717) is 0 Å². The number of aliphatic carboxylic acids is 1. The van der Waals surface area contributed by atoms with Crippen molar-refractivity contribution in [3.8, 4) is 16.5 Å². The molecule has 4 nitrogen and oxygen atoms in total. The van der Waals surface area contributed by atoms with Gasteiger partial charge in [0.05, 0.1) is 0 Å². The average Bonchev–Trinajstić information content (AvgIpc) is 3.57. The third kappa shape index (κ3) is 11.3. The maximum absolute atomic E-state index is 11.3. The third-order valence-corrected chi connectivity index (χ3v) is 9.78. The Labute approximate surface area is 286 Å². The van der Waals surface area contributed by atoms with Crippen LogP contribution in [0.4, 0.5) is 17.1 Å². The first-order valence-corrected chi connectivity index (χ1v) is 18.4. The van der Waals surface area contributed by atoms with Gasteiger partial charge in [-0.15, -0.1) is 11.3 Å². The molecule has 0 aliphatic heterocycles. The lowest BCUT2D eigenvalue weighted by molar-refractivity contribution is -0.132. The second-order valence-electron chi connectivity index (χ2n) is 12.4. The molecule has 1 aromatic heterocycles. The Morgan fingerprint density at radius 2 is 1.11 bits per heavy atom. The monoisotopic (exact) mass is 646 g/mol. The molecule has 1 heterocycles. The molecule has 0 saturated heterocycles. The summed E-state index contributed by atoms with van der Waals surface area (Å²) in [5.74, 6) is -1.21.